The number of rotatable bonds is 8. The third kappa shape index (κ3) is 4.92. The molecule has 2 fully saturated rings. The first-order valence-corrected chi connectivity index (χ1v) is 13.0. The lowest BCUT2D eigenvalue weighted by molar-refractivity contribution is -0.149. The zero-order valence-corrected chi connectivity index (χ0v) is 21.6. The van der Waals surface area contributed by atoms with Gasteiger partial charge in [0, 0.05) is 30.1 Å². The molecule has 0 amide bonds. The predicted molar refractivity (Wildman–Crippen MR) is 136 cm³/mol. The zero-order valence-electron chi connectivity index (χ0n) is 21.6. The first kappa shape index (κ1) is 25.2. The number of benzene rings is 1. The maximum atomic E-state index is 13.6. The topological polar surface area (TPSA) is 124 Å². The third-order valence-corrected chi connectivity index (χ3v) is 7.62. The molecule has 1 atom stereocenters. The Morgan fingerprint density at radius 1 is 1.08 bits per heavy atom. The van der Waals surface area contributed by atoms with Gasteiger partial charge in [0.25, 0.3) is 5.56 Å². The number of likely N-dealkylation sites (tertiary alicyclic amines) is 1. The van der Waals surface area contributed by atoms with Crippen molar-refractivity contribution in [2.45, 2.75) is 57.5 Å². The van der Waals surface area contributed by atoms with Crippen LogP contribution in [-0.4, -0.2) is 70.0 Å². The summed E-state index contributed by atoms with van der Waals surface area (Å²) < 4.78 is 18.1. The third-order valence-electron chi connectivity index (χ3n) is 7.62. The molecule has 1 aliphatic carbocycles. The van der Waals surface area contributed by atoms with Gasteiger partial charge >= 0.3 is 5.97 Å². The predicted octanol–water partition coefficient (Wildman–Crippen LogP) is 3.01. The molecule has 0 unspecified atom stereocenters. The van der Waals surface area contributed by atoms with E-state index >= 15 is 0 Å². The highest BCUT2D eigenvalue weighted by molar-refractivity contribution is 5.83. The molecule has 37 heavy (non-hydrogen) atoms. The van der Waals surface area contributed by atoms with Crippen molar-refractivity contribution in [3.63, 3.8) is 0 Å². The van der Waals surface area contributed by atoms with E-state index in [1.165, 1.54) is 0 Å². The first-order chi connectivity index (χ1) is 18.0. The van der Waals surface area contributed by atoms with Gasteiger partial charge in [-0.3, -0.25) is 14.5 Å². The SMILES string of the molecule is CCOC(=O)C1CCN([C@H](c2cc3cc(OC)c(OC)cc3[nH]c2=O)c2nnnn2C2CCCC2)CC1. The molecule has 3 heterocycles. The fourth-order valence-electron chi connectivity index (χ4n) is 5.70. The van der Waals surface area contributed by atoms with Crippen LogP contribution < -0.4 is 15.0 Å². The van der Waals surface area contributed by atoms with Crippen molar-refractivity contribution in [1.82, 2.24) is 30.1 Å². The van der Waals surface area contributed by atoms with E-state index in [2.05, 4.69) is 25.4 Å². The summed E-state index contributed by atoms with van der Waals surface area (Å²) in [5.41, 5.74) is 1.00. The molecule has 1 N–H and O–H groups in total. The highest BCUT2D eigenvalue weighted by Crippen LogP contribution is 2.37. The molecule has 1 aromatic carbocycles. The fourth-order valence-corrected chi connectivity index (χ4v) is 5.70. The van der Waals surface area contributed by atoms with Crippen molar-refractivity contribution >= 4 is 16.9 Å². The van der Waals surface area contributed by atoms with Crippen LogP contribution in [-0.2, 0) is 9.53 Å². The van der Waals surface area contributed by atoms with Gasteiger partial charge in [-0.25, -0.2) is 4.68 Å². The Balaban J connectivity index is 1.57. The van der Waals surface area contributed by atoms with Gasteiger partial charge in [-0.2, -0.15) is 0 Å². The van der Waals surface area contributed by atoms with E-state index in [4.69, 9.17) is 14.2 Å². The average molecular weight is 511 g/mol. The Hall–Kier alpha value is -3.47. The molecule has 0 bridgehead atoms. The number of nitrogens with zero attached hydrogens (tertiary/aromatic N) is 5. The summed E-state index contributed by atoms with van der Waals surface area (Å²) in [5, 5.41) is 13.7. The molecule has 1 saturated carbocycles. The Morgan fingerprint density at radius 2 is 1.78 bits per heavy atom. The number of aromatic nitrogens is 5. The smallest absolute Gasteiger partial charge is 0.309 e. The number of aromatic amines is 1. The van der Waals surface area contributed by atoms with Crippen LogP contribution in [0, 0.1) is 5.92 Å². The minimum absolute atomic E-state index is 0.144. The second kappa shape index (κ2) is 10.9. The maximum absolute atomic E-state index is 13.6. The number of esters is 1. The van der Waals surface area contributed by atoms with Crippen molar-refractivity contribution in [3.8, 4) is 11.5 Å². The summed E-state index contributed by atoms with van der Waals surface area (Å²) in [7, 11) is 3.15. The number of methoxy groups -OCH3 is 2. The van der Waals surface area contributed by atoms with Gasteiger partial charge in [-0.05, 0) is 55.2 Å². The maximum Gasteiger partial charge on any atom is 0.309 e. The van der Waals surface area contributed by atoms with E-state index in [1.807, 2.05) is 23.7 Å². The molecule has 2 aromatic heterocycles. The minimum atomic E-state index is -0.458. The molecule has 0 spiro atoms. The van der Waals surface area contributed by atoms with Crippen LogP contribution >= 0.6 is 0 Å². The molecular formula is C26H34N6O5. The summed E-state index contributed by atoms with van der Waals surface area (Å²) >= 11 is 0. The number of fused-ring (bicyclic) bond motifs is 1. The monoisotopic (exact) mass is 510 g/mol. The molecular weight excluding hydrogens is 476 g/mol. The van der Waals surface area contributed by atoms with Crippen LogP contribution in [0.15, 0.2) is 23.0 Å². The Morgan fingerprint density at radius 3 is 2.46 bits per heavy atom. The lowest BCUT2D eigenvalue weighted by atomic mass is 9.93. The lowest BCUT2D eigenvalue weighted by Gasteiger charge is -2.36. The molecule has 1 saturated heterocycles. The minimum Gasteiger partial charge on any atom is -0.493 e. The van der Waals surface area contributed by atoms with Crippen molar-refractivity contribution in [3.05, 3.63) is 39.9 Å². The standard InChI is InChI=1S/C26H34N6O5/c1-4-37-26(34)16-9-11-31(12-10-16)23(24-28-29-30-32(24)18-7-5-6-8-18)19-13-17-14-21(35-2)22(36-3)15-20(17)27-25(19)33/h13-16,18,23H,4-12H2,1-3H3,(H,27,33)/t23-/m1/s1. The Bertz CT molecular complexity index is 1310. The second-order valence-electron chi connectivity index (χ2n) is 9.73. The number of H-pyrrole nitrogens is 1. The zero-order chi connectivity index (χ0) is 25.9. The number of nitrogens with one attached hydrogen (secondary N) is 1. The summed E-state index contributed by atoms with van der Waals surface area (Å²) in [6, 6.07) is 5.28. The molecule has 1 aliphatic heterocycles. The number of carbonyl (C=O) groups is 1. The van der Waals surface area contributed by atoms with Crippen molar-refractivity contribution in [2.75, 3.05) is 33.9 Å². The van der Waals surface area contributed by atoms with Crippen LogP contribution in [0.1, 0.15) is 68.9 Å². The van der Waals surface area contributed by atoms with Crippen LogP contribution in [0.4, 0.5) is 0 Å². The highest BCUT2D eigenvalue weighted by Gasteiger charge is 2.36. The van der Waals surface area contributed by atoms with E-state index in [9.17, 15) is 9.59 Å². The lowest BCUT2D eigenvalue weighted by Crippen LogP contribution is -2.42. The second-order valence-corrected chi connectivity index (χ2v) is 9.73. The Labute approximate surface area is 215 Å². The first-order valence-electron chi connectivity index (χ1n) is 13.0. The van der Waals surface area contributed by atoms with Crippen LogP contribution in [0.5, 0.6) is 11.5 Å². The van der Waals surface area contributed by atoms with Gasteiger partial charge in [0.2, 0.25) is 0 Å². The van der Waals surface area contributed by atoms with E-state index in [-0.39, 0.29) is 23.5 Å². The van der Waals surface area contributed by atoms with E-state index in [0.717, 1.165) is 31.1 Å². The van der Waals surface area contributed by atoms with Gasteiger partial charge in [0.05, 0.1) is 38.3 Å². The largest absolute Gasteiger partial charge is 0.493 e. The molecule has 0 radical (unpaired) electrons. The highest BCUT2D eigenvalue weighted by atomic mass is 16.5. The van der Waals surface area contributed by atoms with Gasteiger partial charge in [0.15, 0.2) is 17.3 Å². The van der Waals surface area contributed by atoms with Crippen LogP contribution in [0.25, 0.3) is 10.9 Å². The summed E-state index contributed by atoms with van der Waals surface area (Å²) in [6.45, 7) is 3.44. The number of pyridine rings is 1. The molecule has 11 heteroatoms. The quantitative estimate of drug-likeness (QED) is 0.455. The number of hydrogen-bond acceptors (Lipinski definition) is 9. The summed E-state index contributed by atoms with van der Waals surface area (Å²) in [6.07, 6.45) is 5.60. The van der Waals surface area contributed by atoms with E-state index in [0.29, 0.717) is 60.9 Å². The van der Waals surface area contributed by atoms with Crippen LogP contribution in [0.3, 0.4) is 0 Å². The van der Waals surface area contributed by atoms with Crippen molar-refractivity contribution in [2.24, 2.45) is 5.92 Å². The molecule has 11 nitrogen and oxygen atoms in total. The van der Waals surface area contributed by atoms with Crippen molar-refractivity contribution < 1.29 is 19.0 Å². The van der Waals surface area contributed by atoms with Crippen LogP contribution in [0.2, 0.25) is 0 Å². The van der Waals surface area contributed by atoms with Gasteiger partial charge < -0.3 is 19.2 Å². The summed E-state index contributed by atoms with van der Waals surface area (Å²) in [4.78, 5) is 31.2. The number of ether oxygens (including phenoxy) is 3. The van der Waals surface area contributed by atoms with Crippen molar-refractivity contribution in [1.29, 1.82) is 0 Å². The number of hydrogen-bond donors (Lipinski definition) is 1. The normalized spacial score (nSPS) is 18.2. The number of tetrazole rings is 1. The molecule has 2 aliphatic rings. The number of carbonyl (C=O) groups excluding carboxylic acids is 1. The average Bonchev–Trinajstić information content (AvgIpc) is 3.61. The van der Waals surface area contributed by atoms with E-state index < -0.39 is 6.04 Å². The van der Waals surface area contributed by atoms with Gasteiger partial charge in [-0.1, -0.05) is 12.8 Å². The van der Waals surface area contributed by atoms with E-state index in [1.54, 1.807) is 20.3 Å². The molecule has 5 rings (SSSR count). The molecule has 3 aromatic rings. The fraction of sp³-hybridized carbons (Fsp3) is 0.577. The Kier molecular flexibility index (Phi) is 7.40. The number of piperidine rings is 1. The van der Waals surface area contributed by atoms with Gasteiger partial charge in [0.1, 0.15) is 6.04 Å². The van der Waals surface area contributed by atoms with Gasteiger partial charge in [-0.15, -0.1) is 5.10 Å². The molecule has 198 valence electrons. The summed E-state index contributed by atoms with van der Waals surface area (Å²) in [5.74, 6) is 1.48.